The Morgan fingerprint density at radius 1 is 1.21 bits per heavy atom. The number of halogens is 1. The van der Waals surface area contributed by atoms with Gasteiger partial charge in [-0.15, -0.1) is 0 Å². The third-order valence-electron chi connectivity index (χ3n) is 5.14. The average molecular weight is 407 g/mol. The second kappa shape index (κ2) is 6.74. The molecule has 1 fully saturated rings. The second-order valence-corrected chi connectivity index (χ2v) is 7.79. The van der Waals surface area contributed by atoms with Crippen LogP contribution in [0.5, 0.6) is 0 Å². The fourth-order valence-electron chi connectivity index (χ4n) is 3.39. The smallest absolute Gasteiger partial charge is 0.255 e. The van der Waals surface area contributed by atoms with Crippen LogP contribution in [0.2, 0.25) is 5.02 Å². The first-order valence-corrected chi connectivity index (χ1v) is 9.91. The Morgan fingerprint density at radius 2 is 2.03 bits per heavy atom. The number of fused-ring (bicyclic) bond motifs is 1. The molecule has 0 aliphatic heterocycles. The van der Waals surface area contributed by atoms with Crippen molar-refractivity contribution in [2.45, 2.75) is 32.6 Å². The normalized spacial score (nSPS) is 13.8. The van der Waals surface area contributed by atoms with Gasteiger partial charge in [0.1, 0.15) is 5.52 Å². The molecule has 4 aromatic rings. The second-order valence-electron chi connectivity index (χ2n) is 7.41. The number of aromatic nitrogens is 3. The van der Waals surface area contributed by atoms with Crippen molar-refractivity contribution in [3.63, 3.8) is 0 Å². The number of hydrogen-bond donors (Lipinski definition) is 1. The number of amides is 1. The van der Waals surface area contributed by atoms with Gasteiger partial charge in [0.15, 0.2) is 11.5 Å². The van der Waals surface area contributed by atoms with Gasteiger partial charge in [0.2, 0.25) is 0 Å². The van der Waals surface area contributed by atoms with Crippen molar-refractivity contribution in [3.8, 4) is 5.69 Å². The van der Waals surface area contributed by atoms with Gasteiger partial charge in [-0.1, -0.05) is 17.7 Å². The first kappa shape index (κ1) is 17.9. The van der Waals surface area contributed by atoms with Gasteiger partial charge in [-0.3, -0.25) is 4.79 Å². The van der Waals surface area contributed by atoms with E-state index in [4.69, 9.17) is 16.0 Å². The van der Waals surface area contributed by atoms with Crippen molar-refractivity contribution in [2.75, 3.05) is 5.32 Å². The summed E-state index contributed by atoms with van der Waals surface area (Å²) in [6.45, 7) is 3.76. The number of carbonyl (C=O) groups excluding carboxylic acids is 1. The van der Waals surface area contributed by atoms with E-state index in [2.05, 4.69) is 15.4 Å². The zero-order valence-corrected chi connectivity index (χ0v) is 16.8. The van der Waals surface area contributed by atoms with E-state index in [0.717, 1.165) is 46.9 Å². The molecule has 5 rings (SSSR count). The number of nitrogens with zero attached hydrogens (tertiary/aromatic N) is 3. The number of rotatable bonds is 4. The van der Waals surface area contributed by atoms with Crippen LogP contribution in [0.3, 0.4) is 0 Å². The van der Waals surface area contributed by atoms with Crippen LogP contribution in [-0.4, -0.2) is 20.7 Å². The van der Waals surface area contributed by atoms with Crippen molar-refractivity contribution >= 4 is 34.3 Å². The van der Waals surface area contributed by atoms with Crippen LogP contribution < -0.4 is 5.32 Å². The summed E-state index contributed by atoms with van der Waals surface area (Å²) < 4.78 is 7.53. The molecule has 1 aliphatic carbocycles. The summed E-state index contributed by atoms with van der Waals surface area (Å²) in [5, 5.41) is 8.02. The third kappa shape index (κ3) is 3.29. The number of hydrogen-bond acceptors (Lipinski definition) is 4. The highest BCUT2D eigenvalue weighted by molar-refractivity contribution is 6.31. The molecule has 6 nitrogen and oxygen atoms in total. The molecule has 29 heavy (non-hydrogen) atoms. The standard InChI is InChI=1S/C22H19ClN4O2/c1-12-20(23)13(2)27(26-12)17-5-3-4-15(10-17)21(28)24-16-8-9-19-18(11-16)25-22(29-19)14-6-7-14/h3-5,8-11,14H,6-7H2,1-2H3,(H,24,28). The number of anilines is 1. The van der Waals surface area contributed by atoms with Crippen molar-refractivity contribution < 1.29 is 9.21 Å². The lowest BCUT2D eigenvalue weighted by Crippen LogP contribution is -2.12. The first-order chi connectivity index (χ1) is 14.0. The Hall–Kier alpha value is -3.12. The lowest BCUT2D eigenvalue weighted by Gasteiger charge is -2.08. The summed E-state index contributed by atoms with van der Waals surface area (Å²) >= 11 is 6.25. The highest BCUT2D eigenvalue weighted by Crippen LogP contribution is 2.40. The van der Waals surface area contributed by atoms with Crippen LogP contribution in [0, 0.1) is 13.8 Å². The largest absolute Gasteiger partial charge is 0.440 e. The number of benzene rings is 2. The molecule has 0 atom stereocenters. The predicted octanol–water partition coefficient (Wildman–Crippen LogP) is 5.41. The van der Waals surface area contributed by atoms with Crippen LogP contribution in [0.25, 0.3) is 16.8 Å². The lowest BCUT2D eigenvalue weighted by molar-refractivity contribution is 0.102. The molecule has 1 saturated carbocycles. The van der Waals surface area contributed by atoms with Crippen molar-refractivity contribution in [2.24, 2.45) is 0 Å². The third-order valence-corrected chi connectivity index (χ3v) is 5.69. The zero-order chi connectivity index (χ0) is 20.1. The average Bonchev–Trinajstić information content (AvgIpc) is 3.44. The fourth-order valence-corrected chi connectivity index (χ4v) is 3.50. The van der Waals surface area contributed by atoms with Crippen molar-refractivity contribution in [3.05, 3.63) is 70.3 Å². The summed E-state index contributed by atoms with van der Waals surface area (Å²) in [5.41, 5.74) is 5.09. The minimum Gasteiger partial charge on any atom is -0.440 e. The van der Waals surface area contributed by atoms with E-state index >= 15 is 0 Å². The van der Waals surface area contributed by atoms with Gasteiger partial charge in [0, 0.05) is 17.2 Å². The lowest BCUT2D eigenvalue weighted by atomic mass is 10.1. The van der Waals surface area contributed by atoms with E-state index in [9.17, 15) is 4.79 Å². The number of nitrogens with one attached hydrogen (secondary N) is 1. The van der Waals surface area contributed by atoms with Crippen LogP contribution in [0.15, 0.2) is 46.9 Å². The van der Waals surface area contributed by atoms with Gasteiger partial charge in [-0.05, 0) is 63.1 Å². The van der Waals surface area contributed by atoms with E-state index in [-0.39, 0.29) is 5.91 Å². The molecular weight excluding hydrogens is 388 g/mol. The number of carbonyl (C=O) groups is 1. The molecule has 2 aromatic carbocycles. The minimum absolute atomic E-state index is 0.204. The summed E-state index contributed by atoms with van der Waals surface area (Å²) in [4.78, 5) is 17.4. The molecule has 7 heteroatoms. The molecule has 1 N–H and O–H groups in total. The van der Waals surface area contributed by atoms with Crippen LogP contribution in [0.1, 0.15) is 46.4 Å². The van der Waals surface area contributed by atoms with E-state index in [1.807, 2.05) is 44.2 Å². The number of aryl methyl sites for hydroxylation is 1. The molecule has 1 aliphatic rings. The van der Waals surface area contributed by atoms with Gasteiger partial charge in [-0.2, -0.15) is 5.10 Å². The molecule has 0 spiro atoms. The maximum Gasteiger partial charge on any atom is 0.255 e. The molecule has 0 bridgehead atoms. The van der Waals surface area contributed by atoms with E-state index < -0.39 is 0 Å². The maximum absolute atomic E-state index is 12.8. The van der Waals surface area contributed by atoms with Gasteiger partial charge < -0.3 is 9.73 Å². The van der Waals surface area contributed by atoms with E-state index in [1.165, 1.54) is 0 Å². The maximum atomic E-state index is 12.8. The van der Waals surface area contributed by atoms with Gasteiger partial charge >= 0.3 is 0 Å². The molecule has 2 aromatic heterocycles. The monoisotopic (exact) mass is 406 g/mol. The van der Waals surface area contributed by atoms with Crippen LogP contribution >= 0.6 is 11.6 Å². The molecule has 0 saturated heterocycles. The molecule has 146 valence electrons. The molecular formula is C22H19ClN4O2. The topological polar surface area (TPSA) is 73.0 Å². The summed E-state index contributed by atoms with van der Waals surface area (Å²) in [6, 6.07) is 12.8. The first-order valence-electron chi connectivity index (χ1n) is 9.53. The number of oxazole rings is 1. The summed E-state index contributed by atoms with van der Waals surface area (Å²) in [6.07, 6.45) is 2.26. The zero-order valence-electron chi connectivity index (χ0n) is 16.1. The van der Waals surface area contributed by atoms with Crippen LogP contribution in [0.4, 0.5) is 5.69 Å². The van der Waals surface area contributed by atoms with Crippen LogP contribution in [-0.2, 0) is 0 Å². The molecule has 1 amide bonds. The quantitative estimate of drug-likeness (QED) is 0.491. The molecule has 0 radical (unpaired) electrons. The van der Waals surface area contributed by atoms with Crippen molar-refractivity contribution in [1.29, 1.82) is 0 Å². The minimum atomic E-state index is -0.204. The van der Waals surface area contributed by atoms with Gasteiger partial charge in [0.25, 0.3) is 5.91 Å². The Kier molecular flexibility index (Phi) is 4.17. The van der Waals surface area contributed by atoms with Gasteiger partial charge in [-0.25, -0.2) is 9.67 Å². The van der Waals surface area contributed by atoms with E-state index in [1.54, 1.807) is 16.8 Å². The Morgan fingerprint density at radius 3 is 2.76 bits per heavy atom. The highest BCUT2D eigenvalue weighted by atomic mass is 35.5. The Labute approximate surface area is 172 Å². The summed E-state index contributed by atoms with van der Waals surface area (Å²) in [5.74, 6) is 1.04. The summed E-state index contributed by atoms with van der Waals surface area (Å²) in [7, 11) is 0. The van der Waals surface area contributed by atoms with Crippen molar-refractivity contribution in [1.82, 2.24) is 14.8 Å². The predicted molar refractivity (Wildman–Crippen MR) is 112 cm³/mol. The van der Waals surface area contributed by atoms with Gasteiger partial charge in [0.05, 0.1) is 22.1 Å². The molecule has 2 heterocycles. The fraction of sp³-hybridized carbons (Fsp3) is 0.227. The Balaban J connectivity index is 1.40. The van der Waals surface area contributed by atoms with E-state index in [0.29, 0.717) is 22.2 Å². The highest BCUT2D eigenvalue weighted by Gasteiger charge is 2.28. The SMILES string of the molecule is Cc1nn(-c2cccc(C(=O)Nc3ccc4oc(C5CC5)nc4c3)c2)c(C)c1Cl. The molecule has 0 unspecified atom stereocenters. The Bertz CT molecular complexity index is 1250.